The molecule has 1 heterocycles. The van der Waals surface area contributed by atoms with Gasteiger partial charge in [0.2, 0.25) is 0 Å². The second-order valence-corrected chi connectivity index (χ2v) is 7.73. The summed E-state index contributed by atoms with van der Waals surface area (Å²) in [6, 6.07) is 8.56. The number of ether oxygens (including phenoxy) is 1. The number of nitrogens with zero attached hydrogens (tertiary/aromatic N) is 1. The van der Waals surface area contributed by atoms with Gasteiger partial charge in [-0.3, -0.25) is 4.79 Å². The van der Waals surface area contributed by atoms with Crippen LogP contribution in [0.15, 0.2) is 34.8 Å². The van der Waals surface area contributed by atoms with Crippen molar-refractivity contribution in [1.82, 2.24) is 4.98 Å². The molecule has 0 spiro atoms. The summed E-state index contributed by atoms with van der Waals surface area (Å²) in [6.07, 6.45) is 0. The van der Waals surface area contributed by atoms with Crippen LogP contribution in [0, 0.1) is 13.8 Å². The van der Waals surface area contributed by atoms with Crippen LogP contribution in [0.4, 0.5) is 5.82 Å². The van der Waals surface area contributed by atoms with Gasteiger partial charge < -0.3 is 10.1 Å². The smallest absolute Gasteiger partial charge is 0.339 e. The van der Waals surface area contributed by atoms with Crippen molar-refractivity contribution in [3.05, 3.63) is 57.2 Å². The molecular weight excluding hydrogens is 384 g/mol. The van der Waals surface area contributed by atoms with E-state index in [0.29, 0.717) is 10.3 Å². The standard InChI is InChI=1S/C19H21BrN2O3/c1-11-8-12(2)21-16(9-11)22-17(23)14-7-6-13(20)10-15(14)18(24)25-19(3,4)5/h6-10H,1-5H3,(H,21,22,23). The fourth-order valence-corrected chi connectivity index (χ4v) is 2.67. The van der Waals surface area contributed by atoms with Crippen LogP contribution in [0.5, 0.6) is 0 Å². The molecule has 5 nitrogen and oxygen atoms in total. The Labute approximate surface area is 155 Å². The number of rotatable bonds is 3. The molecule has 0 saturated heterocycles. The Balaban J connectivity index is 2.34. The van der Waals surface area contributed by atoms with Crippen molar-refractivity contribution < 1.29 is 14.3 Å². The van der Waals surface area contributed by atoms with Gasteiger partial charge in [0, 0.05) is 10.2 Å². The summed E-state index contributed by atoms with van der Waals surface area (Å²) in [6.45, 7) is 9.12. The molecule has 0 radical (unpaired) electrons. The predicted octanol–water partition coefficient (Wildman–Crippen LogP) is 4.67. The number of amides is 1. The largest absolute Gasteiger partial charge is 0.456 e. The number of nitrogens with one attached hydrogen (secondary N) is 1. The summed E-state index contributed by atoms with van der Waals surface area (Å²) in [4.78, 5) is 29.4. The normalized spacial score (nSPS) is 11.1. The highest BCUT2D eigenvalue weighted by atomic mass is 79.9. The maximum atomic E-state index is 12.7. The van der Waals surface area contributed by atoms with E-state index in [2.05, 4.69) is 26.2 Å². The first kappa shape index (κ1) is 19.1. The molecule has 6 heteroatoms. The lowest BCUT2D eigenvalue weighted by molar-refractivity contribution is 0.00677. The zero-order chi connectivity index (χ0) is 18.8. The van der Waals surface area contributed by atoms with Gasteiger partial charge in [-0.05, 0) is 70.5 Å². The Morgan fingerprint density at radius 1 is 1.08 bits per heavy atom. The number of pyridine rings is 1. The molecule has 1 amide bonds. The third-order valence-corrected chi connectivity index (χ3v) is 3.68. The highest BCUT2D eigenvalue weighted by Gasteiger charge is 2.23. The van der Waals surface area contributed by atoms with Gasteiger partial charge in [0.1, 0.15) is 11.4 Å². The zero-order valence-electron chi connectivity index (χ0n) is 14.9. The lowest BCUT2D eigenvalue weighted by atomic mass is 10.1. The Kier molecular flexibility index (Phi) is 5.62. The molecule has 0 aliphatic carbocycles. The molecular formula is C19H21BrN2O3. The highest BCUT2D eigenvalue weighted by molar-refractivity contribution is 9.10. The minimum Gasteiger partial charge on any atom is -0.456 e. The van der Waals surface area contributed by atoms with E-state index < -0.39 is 17.5 Å². The summed E-state index contributed by atoms with van der Waals surface area (Å²) in [7, 11) is 0. The van der Waals surface area contributed by atoms with Crippen LogP contribution < -0.4 is 5.32 Å². The Morgan fingerprint density at radius 3 is 2.36 bits per heavy atom. The number of aryl methyl sites for hydroxylation is 2. The van der Waals surface area contributed by atoms with Gasteiger partial charge >= 0.3 is 5.97 Å². The molecule has 2 rings (SSSR count). The van der Waals surface area contributed by atoms with Gasteiger partial charge in [-0.15, -0.1) is 0 Å². The summed E-state index contributed by atoms with van der Waals surface area (Å²) >= 11 is 3.33. The SMILES string of the molecule is Cc1cc(C)nc(NC(=O)c2ccc(Br)cc2C(=O)OC(C)(C)C)c1. The van der Waals surface area contributed by atoms with Crippen molar-refractivity contribution in [2.45, 2.75) is 40.2 Å². The first-order valence-electron chi connectivity index (χ1n) is 7.85. The molecule has 0 aliphatic heterocycles. The van der Waals surface area contributed by atoms with Gasteiger partial charge in [0.15, 0.2) is 0 Å². The Bertz CT molecular complexity index is 806. The monoisotopic (exact) mass is 404 g/mol. The molecule has 0 aliphatic rings. The molecule has 0 fully saturated rings. The number of carbonyl (C=O) groups excluding carboxylic acids is 2. The molecule has 0 unspecified atom stereocenters. The van der Waals surface area contributed by atoms with Gasteiger partial charge in [0.25, 0.3) is 5.91 Å². The number of halogens is 1. The van der Waals surface area contributed by atoms with E-state index in [1.54, 1.807) is 45.0 Å². The number of carbonyl (C=O) groups is 2. The summed E-state index contributed by atoms with van der Waals surface area (Å²) in [5.41, 5.74) is 1.58. The van der Waals surface area contributed by atoms with E-state index in [-0.39, 0.29) is 11.1 Å². The van der Waals surface area contributed by atoms with Crippen LogP contribution >= 0.6 is 15.9 Å². The van der Waals surface area contributed by atoms with Crippen molar-refractivity contribution in [1.29, 1.82) is 0 Å². The average Bonchev–Trinajstić information content (AvgIpc) is 2.43. The molecule has 0 bridgehead atoms. The number of benzene rings is 1. The van der Waals surface area contributed by atoms with Gasteiger partial charge in [-0.25, -0.2) is 9.78 Å². The van der Waals surface area contributed by atoms with Crippen LogP contribution in [0.1, 0.15) is 52.7 Å². The third kappa shape index (κ3) is 5.39. The predicted molar refractivity (Wildman–Crippen MR) is 101 cm³/mol. The van der Waals surface area contributed by atoms with Gasteiger partial charge in [0.05, 0.1) is 11.1 Å². The molecule has 0 saturated carbocycles. The fraction of sp³-hybridized carbons (Fsp3) is 0.316. The van der Waals surface area contributed by atoms with E-state index in [1.807, 2.05) is 19.9 Å². The van der Waals surface area contributed by atoms with E-state index in [4.69, 9.17) is 4.74 Å². The van der Waals surface area contributed by atoms with Crippen molar-refractivity contribution >= 4 is 33.6 Å². The highest BCUT2D eigenvalue weighted by Crippen LogP contribution is 2.21. The summed E-state index contributed by atoms with van der Waals surface area (Å²) in [5, 5.41) is 2.74. The van der Waals surface area contributed by atoms with Crippen LogP contribution in [0.2, 0.25) is 0 Å². The molecule has 132 valence electrons. The van der Waals surface area contributed by atoms with E-state index >= 15 is 0 Å². The van der Waals surface area contributed by atoms with Crippen molar-refractivity contribution in [3.8, 4) is 0 Å². The van der Waals surface area contributed by atoms with Crippen molar-refractivity contribution in [2.24, 2.45) is 0 Å². The minimum absolute atomic E-state index is 0.200. The van der Waals surface area contributed by atoms with Crippen LogP contribution in [-0.2, 0) is 4.74 Å². The average molecular weight is 405 g/mol. The van der Waals surface area contributed by atoms with Gasteiger partial charge in [-0.1, -0.05) is 15.9 Å². The van der Waals surface area contributed by atoms with Crippen molar-refractivity contribution in [3.63, 3.8) is 0 Å². The fourth-order valence-electron chi connectivity index (χ4n) is 2.31. The molecule has 0 atom stereocenters. The Hall–Kier alpha value is -2.21. The van der Waals surface area contributed by atoms with E-state index in [9.17, 15) is 9.59 Å². The Morgan fingerprint density at radius 2 is 1.76 bits per heavy atom. The third-order valence-electron chi connectivity index (χ3n) is 3.18. The van der Waals surface area contributed by atoms with E-state index in [0.717, 1.165) is 11.3 Å². The number of hydrogen-bond acceptors (Lipinski definition) is 4. The summed E-state index contributed by atoms with van der Waals surface area (Å²) in [5.74, 6) is -0.515. The maximum absolute atomic E-state index is 12.7. The lowest BCUT2D eigenvalue weighted by Gasteiger charge is -2.20. The molecule has 2 aromatic rings. The number of esters is 1. The quantitative estimate of drug-likeness (QED) is 0.754. The summed E-state index contributed by atoms with van der Waals surface area (Å²) < 4.78 is 6.09. The second-order valence-electron chi connectivity index (χ2n) is 6.82. The molecule has 1 aromatic heterocycles. The second kappa shape index (κ2) is 7.35. The number of hydrogen-bond donors (Lipinski definition) is 1. The maximum Gasteiger partial charge on any atom is 0.339 e. The first-order chi connectivity index (χ1) is 11.5. The number of anilines is 1. The molecule has 1 aromatic carbocycles. The minimum atomic E-state index is -0.650. The van der Waals surface area contributed by atoms with Crippen LogP contribution in [0.3, 0.4) is 0 Å². The molecule has 1 N–H and O–H groups in total. The topological polar surface area (TPSA) is 68.3 Å². The lowest BCUT2D eigenvalue weighted by Crippen LogP contribution is -2.26. The van der Waals surface area contributed by atoms with E-state index in [1.165, 1.54) is 0 Å². The van der Waals surface area contributed by atoms with Gasteiger partial charge in [-0.2, -0.15) is 0 Å². The van der Waals surface area contributed by atoms with Crippen molar-refractivity contribution in [2.75, 3.05) is 5.32 Å². The zero-order valence-corrected chi connectivity index (χ0v) is 16.5. The van der Waals surface area contributed by atoms with Crippen LogP contribution in [0.25, 0.3) is 0 Å². The van der Waals surface area contributed by atoms with Crippen LogP contribution in [-0.4, -0.2) is 22.5 Å². The first-order valence-corrected chi connectivity index (χ1v) is 8.64. The number of aromatic nitrogens is 1. The molecule has 25 heavy (non-hydrogen) atoms.